The van der Waals surface area contributed by atoms with Gasteiger partial charge in [0, 0.05) is 30.4 Å². The quantitative estimate of drug-likeness (QED) is 0.586. The van der Waals surface area contributed by atoms with Gasteiger partial charge in [0.15, 0.2) is 5.65 Å². The van der Waals surface area contributed by atoms with Crippen molar-refractivity contribution < 1.29 is 9.53 Å². The molecule has 1 aromatic carbocycles. The van der Waals surface area contributed by atoms with Crippen molar-refractivity contribution in [2.75, 3.05) is 26.7 Å². The van der Waals surface area contributed by atoms with E-state index in [1.807, 2.05) is 36.6 Å². The first kappa shape index (κ1) is 22.3. The summed E-state index contributed by atoms with van der Waals surface area (Å²) in [6.07, 6.45) is 3.51. The van der Waals surface area contributed by atoms with Gasteiger partial charge >= 0.3 is 0 Å². The average molecular weight is 436 g/mol. The van der Waals surface area contributed by atoms with Crippen LogP contribution in [0.25, 0.3) is 5.65 Å². The fourth-order valence-corrected chi connectivity index (χ4v) is 4.68. The van der Waals surface area contributed by atoms with E-state index in [2.05, 4.69) is 39.4 Å². The third kappa shape index (κ3) is 4.78. The molecule has 1 atom stereocenters. The number of hydrogen-bond donors (Lipinski definition) is 1. The Bertz CT molecular complexity index is 1080. The molecular formula is C25H33N5O2. The molecule has 1 saturated heterocycles. The second kappa shape index (κ2) is 9.69. The van der Waals surface area contributed by atoms with Crippen molar-refractivity contribution in [3.05, 3.63) is 58.5 Å². The fraction of sp³-hybridized carbons (Fsp3) is 0.480. The van der Waals surface area contributed by atoms with Crippen LogP contribution in [0.15, 0.2) is 30.3 Å². The number of rotatable bonds is 8. The molecule has 2 aromatic heterocycles. The van der Waals surface area contributed by atoms with Crippen LogP contribution in [0.2, 0.25) is 0 Å². The highest BCUT2D eigenvalue weighted by molar-refractivity contribution is 5.76. The maximum Gasteiger partial charge on any atom is 0.220 e. The molecule has 0 spiro atoms. The monoisotopic (exact) mass is 435 g/mol. The Hall–Kier alpha value is -2.93. The van der Waals surface area contributed by atoms with E-state index in [9.17, 15) is 4.79 Å². The smallest absolute Gasteiger partial charge is 0.220 e. The van der Waals surface area contributed by atoms with Gasteiger partial charge in [-0.25, -0.2) is 9.50 Å². The van der Waals surface area contributed by atoms with Gasteiger partial charge in [-0.05, 0) is 76.4 Å². The second-order valence-corrected chi connectivity index (χ2v) is 8.65. The molecule has 1 fully saturated rings. The first-order valence-electron chi connectivity index (χ1n) is 11.4. The molecule has 0 aliphatic carbocycles. The number of nitrogens with one attached hydrogen (secondary N) is 1. The predicted octanol–water partition coefficient (Wildman–Crippen LogP) is 3.55. The van der Waals surface area contributed by atoms with Gasteiger partial charge in [0.2, 0.25) is 5.91 Å². The molecule has 7 heteroatoms. The van der Waals surface area contributed by atoms with E-state index in [4.69, 9.17) is 4.74 Å². The minimum absolute atomic E-state index is 0.0678. The van der Waals surface area contributed by atoms with Gasteiger partial charge in [0.1, 0.15) is 5.75 Å². The molecule has 1 amide bonds. The van der Waals surface area contributed by atoms with E-state index in [0.717, 1.165) is 47.1 Å². The summed E-state index contributed by atoms with van der Waals surface area (Å²) < 4.78 is 7.18. The summed E-state index contributed by atoms with van der Waals surface area (Å²) in [6.45, 7) is 8.78. The first-order valence-corrected chi connectivity index (χ1v) is 11.4. The molecule has 0 saturated carbocycles. The number of carbonyl (C=O) groups excluding carboxylic acids is 1. The summed E-state index contributed by atoms with van der Waals surface area (Å²) in [7, 11) is 1.68. The Labute approximate surface area is 189 Å². The van der Waals surface area contributed by atoms with Crippen LogP contribution >= 0.6 is 0 Å². The molecule has 32 heavy (non-hydrogen) atoms. The summed E-state index contributed by atoms with van der Waals surface area (Å²) in [6, 6.07) is 10.4. The molecule has 0 bridgehead atoms. The van der Waals surface area contributed by atoms with Crippen LogP contribution in [0.4, 0.5) is 0 Å². The lowest BCUT2D eigenvalue weighted by atomic mass is 10.0. The zero-order valence-corrected chi connectivity index (χ0v) is 19.5. The third-order valence-corrected chi connectivity index (χ3v) is 6.46. The maximum atomic E-state index is 12.8. The summed E-state index contributed by atoms with van der Waals surface area (Å²) in [5.41, 5.74) is 6.14. The summed E-state index contributed by atoms with van der Waals surface area (Å²) in [5, 5.41) is 7.71. The molecule has 1 aliphatic rings. The largest absolute Gasteiger partial charge is 0.497 e. The van der Waals surface area contributed by atoms with Crippen molar-refractivity contribution >= 4 is 11.6 Å². The molecular weight excluding hydrogens is 402 g/mol. The van der Waals surface area contributed by atoms with E-state index in [1.165, 1.54) is 18.4 Å². The molecule has 3 aromatic rings. The Morgan fingerprint density at radius 3 is 2.56 bits per heavy atom. The molecule has 0 radical (unpaired) electrons. The van der Waals surface area contributed by atoms with Gasteiger partial charge < -0.3 is 10.1 Å². The van der Waals surface area contributed by atoms with Gasteiger partial charge in [-0.2, -0.15) is 5.10 Å². The number of methoxy groups -OCH3 is 1. The van der Waals surface area contributed by atoms with Gasteiger partial charge in [0.05, 0.1) is 18.8 Å². The van der Waals surface area contributed by atoms with E-state index >= 15 is 0 Å². The Kier molecular flexibility index (Phi) is 6.74. The van der Waals surface area contributed by atoms with Gasteiger partial charge in [-0.15, -0.1) is 0 Å². The highest BCUT2D eigenvalue weighted by Gasteiger charge is 2.24. The molecule has 1 aliphatic heterocycles. The van der Waals surface area contributed by atoms with Crippen molar-refractivity contribution in [3.8, 4) is 5.75 Å². The Balaban J connectivity index is 1.41. The van der Waals surface area contributed by atoms with E-state index in [0.29, 0.717) is 19.4 Å². The normalized spacial score (nSPS) is 15.2. The zero-order chi connectivity index (χ0) is 22.7. The number of fused-ring (bicyclic) bond motifs is 1. The topological polar surface area (TPSA) is 71.8 Å². The SMILES string of the molecule is COc1ccc(C(CNC(=O)CCc2c(C)nc3cc(C)nn3c2C)N2CCCC2)cc1. The van der Waals surface area contributed by atoms with Crippen LogP contribution < -0.4 is 10.1 Å². The van der Waals surface area contributed by atoms with Crippen molar-refractivity contribution in [3.63, 3.8) is 0 Å². The number of ether oxygens (including phenoxy) is 1. The number of hydrogen-bond acceptors (Lipinski definition) is 5. The molecule has 170 valence electrons. The van der Waals surface area contributed by atoms with Gasteiger partial charge in [0.25, 0.3) is 0 Å². The van der Waals surface area contributed by atoms with Crippen LogP contribution in [-0.2, 0) is 11.2 Å². The fourth-order valence-electron chi connectivity index (χ4n) is 4.68. The number of carbonyl (C=O) groups is 1. The van der Waals surface area contributed by atoms with Crippen LogP contribution in [0.3, 0.4) is 0 Å². The van der Waals surface area contributed by atoms with E-state index in [1.54, 1.807) is 7.11 Å². The number of benzene rings is 1. The Morgan fingerprint density at radius 1 is 1.16 bits per heavy atom. The highest BCUT2D eigenvalue weighted by Crippen LogP contribution is 2.26. The van der Waals surface area contributed by atoms with Crippen LogP contribution in [0, 0.1) is 20.8 Å². The highest BCUT2D eigenvalue weighted by atomic mass is 16.5. The lowest BCUT2D eigenvalue weighted by Gasteiger charge is -2.28. The zero-order valence-electron chi connectivity index (χ0n) is 19.5. The number of nitrogens with zero attached hydrogens (tertiary/aromatic N) is 4. The van der Waals surface area contributed by atoms with Crippen LogP contribution in [-0.4, -0.2) is 52.1 Å². The molecule has 4 rings (SSSR count). The van der Waals surface area contributed by atoms with Crippen molar-refractivity contribution in [2.24, 2.45) is 0 Å². The van der Waals surface area contributed by atoms with Gasteiger partial charge in [-0.3, -0.25) is 9.69 Å². The minimum atomic E-state index is 0.0678. The van der Waals surface area contributed by atoms with E-state index in [-0.39, 0.29) is 11.9 Å². The third-order valence-electron chi connectivity index (χ3n) is 6.46. The number of amides is 1. The van der Waals surface area contributed by atoms with Crippen molar-refractivity contribution in [1.29, 1.82) is 0 Å². The minimum Gasteiger partial charge on any atom is -0.497 e. The summed E-state index contributed by atoms with van der Waals surface area (Å²) >= 11 is 0. The second-order valence-electron chi connectivity index (χ2n) is 8.65. The lowest BCUT2D eigenvalue weighted by molar-refractivity contribution is -0.121. The summed E-state index contributed by atoms with van der Waals surface area (Å²) in [5.74, 6) is 0.917. The Morgan fingerprint density at radius 2 is 1.88 bits per heavy atom. The number of likely N-dealkylation sites (tertiary alicyclic amines) is 1. The van der Waals surface area contributed by atoms with Crippen molar-refractivity contribution in [1.82, 2.24) is 24.8 Å². The van der Waals surface area contributed by atoms with Crippen LogP contribution in [0.1, 0.15) is 53.5 Å². The van der Waals surface area contributed by atoms with Crippen LogP contribution in [0.5, 0.6) is 5.75 Å². The van der Waals surface area contributed by atoms with E-state index < -0.39 is 0 Å². The summed E-state index contributed by atoms with van der Waals surface area (Å²) in [4.78, 5) is 19.9. The molecule has 1 unspecified atom stereocenters. The van der Waals surface area contributed by atoms with Crippen molar-refractivity contribution in [2.45, 2.75) is 52.5 Å². The standard InChI is InChI=1S/C25H33N5O2/c1-17-15-24-27-18(2)22(19(3)30(24)28-17)11-12-25(31)26-16-23(29-13-5-6-14-29)20-7-9-21(32-4)10-8-20/h7-10,15,23H,5-6,11-14,16H2,1-4H3,(H,26,31). The molecule has 7 nitrogen and oxygen atoms in total. The average Bonchev–Trinajstić information content (AvgIpc) is 3.44. The first-order chi connectivity index (χ1) is 15.5. The lowest BCUT2D eigenvalue weighted by Crippen LogP contribution is -2.36. The molecule has 3 heterocycles. The maximum absolute atomic E-state index is 12.8. The molecule has 1 N–H and O–H groups in total. The number of aryl methyl sites for hydroxylation is 3. The predicted molar refractivity (Wildman–Crippen MR) is 125 cm³/mol. The number of aromatic nitrogens is 3. The van der Waals surface area contributed by atoms with Gasteiger partial charge in [-0.1, -0.05) is 12.1 Å².